The molecule has 118 valence electrons. The quantitative estimate of drug-likeness (QED) is 0.528. The van der Waals surface area contributed by atoms with E-state index in [1.165, 1.54) is 34.9 Å². The average molecular weight is 316 g/mol. The van der Waals surface area contributed by atoms with Gasteiger partial charge in [-0.25, -0.2) is 4.98 Å². The number of aryl methyl sites for hydroxylation is 1. The summed E-state index contributed by atoms with van der Waals surface area (Å²) < 4.78 is 2.05. The third-order valence-corrected chi connectivity index (χ3v) is 5.04. The Kier molecular flexibility index (Phi) is 2.86. The molecule has 4 aromatic rings. The Morgan fingerprint density at radius 3 is 2.58 bits per heavy atom. The first-order valence-corrected chi connectivity index (χ1v) is 8.44. The summed E-state index contributed by atoms with van der Waals surface area (Å²) in [5.74, 6) is 0.291. The molecule has 0 spiro atoms. The average Bonchev–Trinajstić information content (AvgIpc) is 3.10. The number of H-pyrrole nitrogens is 1. The number of nitrogens with one attached hydrogen (secondary N) is 1. The number of hydrogen-bond donors (Lipinski definition) is 2. The fourth-order valence-corrected chi connectivity index (χ4v) is 3.92. The lowest BCUT2D eigenvalue weighted by atomic mass is 9.86. The Bertz CT molecular complexity index is 1060. The second kappa shape index (κ2) is 5.06. The van der Waals surface area contributed by atoms with Crippen LogP contribution in [-0.2, 0) is 12.8 Å². The van der Waals surface area contributed by atoms with Gasteiger partial charge in [0, 0.05) is 17.7 Å². The number of rotatable bonds is 1. The van der Waals surface area contributed by atoms with Crippen LogP contribution >= 0.6 is 0 Å². The molecule has 4 nitrogen and oxygen atoms in total. The highest BCUT2D eigenvalue weighted by Gasteiger charge is 2.23. The molecule has 0 unspecified atom stereocenters. The van der Waals surface area contributed by atoms with Gasteiger partial charge in [-0.05, 0) is 61.1 Å². The molecular weight excluding hydrogens is 298 g/mol. The molecule has 4 heteroatoms. The van der Waals surface area contributed by atoms with Crippen LogP contribution in [0.4, 0.5) is 0 Å². The van der Waals surface area contributed by atoms with E-state index in [9.17, 15) is 5.11 Å². The summed E-state index contributed by atoms with van der Waals surface area (Å²) in [7, 11) is 0. The zero-order valence-corrected chi connectivity index (χ0v) is 13.3. The maximum atomic E-state index is 9.58. The van der Waals surface area contributed by atoms with Gasteiger partial charge in [0.1, 0.15) is 5.75 Å². The SMILES string of the molecule is Oc1ccc(-c2nc3cc[n+]4[nH]ccc4c3c3c2CCCC3)cc1. The summed E-state index contributed by atoms with van der Waals surface area (Å²) in [6.45, 7) is 0. The Morgan fingerprint density at radius 1 is 0.958 bits per heavy atom. The number of fused-ring (bicyclic) bond motifs is 5. The zero-order valence-electron chi connectivity index (χ0n) is 13.3. The number of aromatic hydroxyl groups is 1. The predicted octanol–water partition coefficient (Wildman–Crippen LogP) is 3.55. The van der Waals surface area contributed by atoms with Crippen molar-refractivity contribution >= 4 is 16.4 Å². The molecule has 1 aliphatic carbocycles. The number of pyridine rings is 2. The maximum Gasteiger partial charge on any atom is 0.246 e. The van der Waals surface area contributed by atoms with Gasteiger partial charge < -0.3 is 5.11 Å². The van der Waals surface area contributed by atoms with Crippen LogP contribution < -0.4 is 4.52 Å². The van der Waals surface area contributed by atoms with Crippen molar-refractivity contribution in [1.82, 2.24) is 10.1 Å². The number of phenols is 1. The Labute approximate surface area is 139 Å². The molecule has 0 atom stereocenters. The number of aromatic amines is 1. The van der Waals surface area contributed by atoms with Crippen LogP contribution in [0.3, 0.4) is 0 Å². The molecule has 0 saturated carbocycles. The van der Waals surface area contributed by atoms with Crippen molar-refractivity contribution in [3.63, 3.8) is 0 Å². The standard InChI is InChI=1S/C20H17N3O/c24-14-7-5-13(6-8-14)20-16-4-2-1-3-15(16)19-17(22-20)10-12-23-18(19)9-11-21-23/h5-12H,1-4H2,(H,21,22,24)/p+1. The van der Waals surface area contributed by atoms with Gasteiger partial charge in [0.15, 0.2) is 0 Å². The molecule has 0 amide bonds. The second-order valence-corrected chi connectivity index (χ2v) is 6.47. The van der Waals surface area contributed by atoms with Crippen molar-refractivity contribution in [2.45, 2.75) is 25.7 Å². The fourth-order valence-electron chi connectivity index (χ4n) is 3.92. The lowest BCUT2D eigenvalue weighted by Gasteiger charge is -2.20. The summed E-state index contributed by atoms with van der Waals surface area (Å²) >= 11 is 0. The summed E-state index contributed by atoms with van der Waals surface area (Å²) in [5.41, 5.74) is 7.18. The molecule has 5 rings (SSSR count). The first-order chi connectivity index (χ1) is 11.8. The summed E-state index contributed by atoms with van der Waals surface area (Å²) in [6, 6.07) is 11.6. The maximum absolute atomic E-state index is 9.58. The number of phenolic OH excluding ortho intramolecular Hbond substituents is 1. The van der Waals surface area contributed by atoms with E-state index in [0.29, 0.717) is 5.75 Å². The molecule has 2 N–H and O–H groups in total. The first-order valence-electron chi connectivity index (χ1n) is 8.44. The van der Waals surface area contributed by atoms with Crippen LogP contribution in [0.1, 0.15) is 24.0 Å². The first kappa shape index (κ1) is 13.5. The molecule has 1 aliphatic rings. The van der Waals surface area contributed by atoms with Crippen LogP contribution in [0.5, 0.6) is 5.75 Å². The number of aromatic nitrogens is 3. The van der Waals surface area contributed by atoms with E-state index in [1.807, 2.05) is 24.5 Å². The van der Waals surface area contributed by atoms with Gasteiger partial charge in [0.25, 0.3) is 0 Å². The van der Waals surface area contributed by atoms with Gasteiger partial charge in [0.2, 0.25) is 11.7 Å². The Hall–Kier alpha value is -2.88. The molecule has 0 aliphatic heterocycles. The third-order valence-electron chi connectivity index (χ3n) is 5.04. The molecule has 3 aromatic heterocycles. The number of nitrogens with zero attached hydrogens (tertiary/aromatic N) is 2. The monoisotopic (exact) mass is 316 g/mol. The minimum absolute atomic E-state index is 0.291. The Morgan fingerprint density at radius 2 is 1.75 bits per heavy atom. The number of benzene rings is 1. The second-order valence-electron chi connectivity index (χ2n) is 6.47. The van der Waals surface area contributed by atoms with E-state index in [0.717, 1.165) is 29.6 Å². The van der Waals surface area contributed by atoms with Crippen molar-refractivity contribution in [1.29, 1.82) is 0 Å². The van der Waals surface area contributed by atoms with Crippen molar-refractivity contribution in [3.05, 3.63) is 59.9 Å². The third kappa shape index (κ3) is 1.92. The van der Waals surface area contributed by atoms with E-state index >= 15 is 0 Å². The van der Waals surface area contributed by atoms with E-state index in [-0.39, 0.29) is 0 Å². The summed E-state index contributed by atoms with van der Waals surface area (Å²) in [6.07, 6.45) is 8.61. The van der Waals surface area contributed by atoms with E-state index in [1.54, 1.807) is 12.1 Å². The minimum Gasteiger partial charge on any atom is -0.508 e. The van der Waals surface area contributed by atoms with Crippen molar-refractivity contribution < 1.29 is 9.62 Å². The van der Waals surface area contributed by atoms with Gasteiger partial charge in [-0.2, -0.15) is 5.10 Å². The molecule has 0 saturated heterocycles. The highest BCUT2D eigenvalue weighted by atomic mass is 16.3. The summed E-state index contributed by atoms with van der Waals surface area (Å²) in [4.78, 5) is 5.01. The van der Waals surface area contributed by atoms with Gasteiger partial charge >= 0.3 is 0 Å². The molecule has 0 fully saturated rings. The van der Waals surface area contributed by atoms with Crippen LogP contribution in [-0.4, -0.2) is 15.2 Å². The Balaban J connectivity index is 1.88. The molecule has 3 heterocycles. The van der Waals surface area contributed by atoms with Gasteiger partial charge in [-0.15, -0.1) is 0 Å². The molecule has 0 bridgehead atoms. The van der Waals surface area contributed by atoms with Crippen LogP contribution in [0.2, 0.25) is 0 Å². The number of hydrogen-bond acceptors (Lipinski definition) is 2. The fraction of sp³-hybridized carbons (Fsp3) is 0.200. The largest absolute Gasteiger partial charge is 0.508 e. The van der Waals surface area contributed by atoms with E-state index in [2.05, 4.69) is 21.7 Å². The van der Waals surface area contributed by atoms with Crippen molar-refractivity contribution in [2.75, 3.05) is 0 Å². The van der Waals surface area contributed by atoms with Crippen molar-refractivity contribution in [2.24, 2.45) is 0 Å². The van der Waals surface area contributed by atoms with E-state index in [4.69, 9.17) is 4.98 Å². The van der Waals surface area contributed by atoms with Crippen LogP contribution in [0.25, 0.3) is 27.7 Å². The summed E-state index contributed by atoms with van der Waals surface area (Å²) in [5, 5.41) is 14.1. The van der Waals surface area contributed by atoms with Crippen molar-refractivity contribution in [3.8, 4) is 17.0 Å². The lowest BCUT2D eigenvalue weighted by Crippen LogP contribution is -2.22. The topological polar surface area (TPSA) is 53.0 Å². The molecule has 0 radical (unpaired) electrons. The molecule has 24 heavy (non-hydrogen) atoms. The highest BCUT2D eigenvalue weighted by molar-refractivity contribution is 5.96. The molecule has 1 aromatic carbocycles. The minimum atomic E-state index is 0.291. The highest BCUT2D eigenvalue weighted by Crippen LogP contribution is 2.36. The molecular formula is C20H18N3O+. The van der Waals surface area contributed by atoms with Gasteiger partial charge in [-0.3, -0.25) is 0 Å². The smallest absolute Gasteiger partial charge is 0.246 e. The zero-order chi connectivity index (χ0) is 16.1. The van der Waals surface area contributed by atoms with Crippen LogP contribution in [0, 0.1) is 0 Å². The predicted molar refractivity (Wildman–Crippen MR) is 93.0 cm³/mol. The van der Waals surface area contributed by atoms with Gasteiger partial charge in [0.05, 0.1) is 22.8 Å². The normalized spacial score (nSPS) is 14.2. The van der Waals surface area contributed by atoms with Crippen LogP contribution in [0.15, 0.2) is 48.8 Å². The van der Waals surface area contributed by atoms with Gasteiger partial charge in [-0.1, -0.05) is 4.52 Å². The van der Waals surface area contributed by atoms with E-state index < -0.39 is 0 Å². The lowest BCUT2D eigenvalue weighted by molar-refractivity contribution is -0.575.